The summed E-state index contributed by atoms with van der Waals surface area (Å²) >= 11 is 0. The van der Waals surface area contributed by atoms with Crippen LogP contribution in [0.5, 0.6) is 0 Å². The van der Waals surface area contributed by atoms with Crippen LogP contribution in [0.25, 0.3) is 0 Å². The molecule has 1 aliphatic heterocycles. The summed E-state index contributed by atoms with van der Waals surface area (Å²) in [6.45, 7) is 4.35. The fraction of sp³-hybridized carbons (Fsp3) is 0.579. The number of nitrogens with one attached hydrogen (secondary N) is 1. The molecule has 0 aromatic heterocycles. The average molecular weight is 348 g/mol. The number of aryl methyl sites for hydroxylation is 1. The molecule has 0 aliphatic carbocycles. The second kappa shape index (κ2) is 9.53. The van der Waals surface area contributed by atoms with E-state index < -0.39 is 18.3 Å². The molecule has 1 aliphatic rings. The van der Waals surface area contributed by atoms with E-state index >= 15 is 0 Å². The Hall–Kier alpha value is -1.92. The van der Waals surface area contributed by atoms with Gasteiger partial charge in [0.15, 0.2) is 0 Å². The molecule has 3 atom stereocenters. The second-order valence-corrected chi connectivity index (χ2v) is 6.37. The molecule has 1 fully saturated rings. The molecule has 1 aromatic carbocycles. The standard InChI is InChI=1S/C19H28N2O4/c1-3-25-19(24)16(12-11-15-8-5-4-6-9-15)20-14(2)18(23)21-13-7-10-17(21)22/h4-6,8-9,14,16-17,20,22H,3,7,10-13H2,1-2H3/t14?,16?,17-/m1/s1. The number of hydrogen-bond acceptors (Lipinski definition) is 5. The van der Waals surface area contributed by atoms with E-state index in [1.165, 1.54) is 4.90 Å². The molecule has 138 valence electrons. The third-order valence-corrected chi connectivity index (χ3v) is 4.46. The van der Waals surface area contributed by atoms with Crippen molar-refractivity contribution in [1.82, 2.24) is 10.2 Å². The van der Waals surface area contributed by atoms with E-state index in [2.05, 4.69) is 5.32 Å². The van der Waals surface area contributed by atoms with Crippen molar-refractivity contribution < 1.29 is 19.4 Å². The molecule has 0 saturated carbocycles. The number of ether oxygens (including phenoxy) is 1. The number of amides is 1. The van der Waals surface area contributed by atoms with E-state index in [9.17, 15) is 14.7 Å². The predicted molar refractivity (Wildman–Crippen MR) is 94.7 cm³/mol. The van der Waals surface area contributed by atoms with Gasteiger partial charge in [0, 0.05) is 6.54 Å². The number of nitrogens with zero attached hydrogens (tertiary/aromatic N) is 1. The summed E-state index contributed by atoms with van der Waals surface area (Å²) in [6, 6.07) is 8.78. The molecule has 1 amide bonds. The number of aliphatic hydroxyl groups excluding tert-OH is 1. The normalized spacial score (nSPS) is 19.5. The first kappa shape index (κ1) is 19.4. The van der Waals surface area contributed by atoms with E-state index in [0.717, 1.165) is 12.0 Å². The lowest BCUT2D eigenvalue weighted by Gasteiger charge is -2.27. The minimum atomic E-state index is -0.720. The molecular formula is C19H28N2O4. The van der Waals surface area contributed by atoms with Crippen molar-refractivity contribution in [2.24, 2.45) is 0 Å². The van der Waals surface area contributed by atoms with Crippen molar-refractivity contribution in [1.29, 1.82) is 0 Å². The molecule has 0 radical (unpaired) electrons. The van der Waals surface area contributed by atoms with Crippen molar-refractivity contribution in [2.75, 3.05) is 13.2 Å². The largest absolute Gasteiger partial charge is 0.465 e. The van der Waals surface area contributed by atoms with Gasteiger partial charge in [0.05, 0.1) is 12.6 Å². The lowest BCUT2D eigenvalue weighted by Crippen LogP contribution is -2.52. The van der Waals surface area contributed by atoms with E-state index in [0.29, 0.717) is 32.4 Å². The first-order valence-corrected chi connectivity index (χ1v) is 8.98. The number of carbonyl (C=O) groups excluding carboxylic acids is 2. The Morgan fingerprint density at radius 3 is 2.68 bits per heavy atom. The molecule has 2 unspecified atom stereocenters. The summed E-state index contributed by atoms with van der Waals surface area (Å²) in [4.78, 5) is 26.2. The summed E-state index contributed by atoms with van der Waals surface area (Å²) in [5.74, 6) is -0.529. The zero-order valence-corrected chi connectivity index (χ0v) is 15.0. The smallest absolute Gasteiger partial charge is 0.323 e. The molecular weight excluding hydrogens is 320 g/mol. The minimum absolute atomic E-state index is 0.181. The Morgan fingerprint density at radius 2 is 2.08 bits per heavy atom. The van der Waals surface area contributed by atoms with Crippen molar-refractivity contribution >= 4 is 11.9 Å². The highest BCUT2D eigenvalue weighted by Gasteiger charge is 2.32. The number of aliphatic hydroxyl groups is 1. The summed E-state index contributed by atoms with van der Waals surface area (Å²) in [7, 11) is 0. The molecule has 0 spiro atoms. The molecule has 0 bridgehead atoms. The quantitative estimate of drug-likeness (QED) is 0.696. The van der Waals surface area contributed by atoms with E-state index in [4.69, 9.17) is 4.74 Å². The Bertz CT molecular complexity index is 564. The maximum Gasteiger partial charge on any atom is 0.323 e. The minimum Gasteiger partial charge on any atom is -0.465 e. The van der Waals surface area contributed by atoms with Crippen molar-refractivity contribution in [2.45, 2.75) is 57.8 Å². The van der Waals surface area contributed by atoms with Gasteiger partial charge in [-0.15, -0.1) is 0 Å². The van der Waals surface area contributed by atoms with Gasteiger partial charge < -0.3 is 14.7 Å². The molecule has 1 heterocycles. The summed E-state index contributed by atoms with van der Waals surface area (Å²) in [5.41, 5.74) is 1.13. The van der Waals surface area contributed by atoms with Crippen LogP contribution in [0.2, 0.25) is 0 Å². The predicted octanol–water partition coefficient (Wildman–Crippen LogP) is 1.47. The average Bonchev–Trinajstić information content (AvgIpc) is 3.04. The third kappa shape index (κ3) is 5.54. The molecule has 6 heteroatoms. The fourth-order valence-corrected chi connectivity index (χ4v) is 3.10. The molecule has 1 aromatic rings. The van der Waals surface area contributed by atoms with Gasteiger partial charge in [-0.25, -0.2) is 0 Å². The molecule has 2 rings (SSSR count). The Morgan fingerprint density at radius 1 is 1.36 bits per heavy atom. The van der Waals surface area contributed by atoms with E-state index in [-0.39, 0.29) is 11.9 Å². The van der Waals surface area contributed by atoms with Crippen molar-refractivity contribution in [3.8, 4) is 0 Å². The van der Waals surface area contributed by atoms with Crippen LogP contribution >= 0.6 is 0 Å². The first-order valence-electron chi connectivity index (χ1n) is 8.98. The zero-order valence-electron chi connectivity index (χ0n) is 15.0. The topological polar surface area (TPSA) is 78.9 Å². The van der Waals surface area contributed by atoms with Crippen LogP contribution in [0.4, 0.5) is 0 Å². The van der Waals surface area contributed by atoms with Crippen LogP contribution in [0.15, 0.2) is 30.3 Å². The zero-order chi connectivity index (χ0) is 18.2. The van der Waals surface area contributed by atoms with Crippen LogP contribution < -0.4 is 5.32 Å². The number of benzene rings is 1. The Balaban J connectivity index is 1.97. The molecule has 25 heavy (non-hydrogen) atoms. The van der Waals surface area contributed by atoms with Gasteiger partial charge >= 0.3 is 5.97 Å². The van der Waals surface area contributed by atoms with Gasteiger partial charge in [0.25, 0.3) is 0 Å². The van der Waals surface area contributed by atoms with Crippen molar-refractivity contribution in [3.05, 3.63) is 35.9 Å². The SMILES string of the molecule is CCOC(=O)C(CCc1ccccc1)NC(C)C(=O)N1CCC[C@H]1O. The van der Waals surface area contributed by atoms with Crippen LogP contribution in [0.3, 0.4) is 0 Å². The van der Waals surface area contributed by atoms with Crippen LogP contribution in [0, 0.1) is 0 Å². The van der Waals surface area contributed by atoms with Gasteiger partial charge in [-0.1, -0.05) is 30.3 Å². The highest BCUT2D eigenvalue weighted by atomic mass is 16.5. The number of rotatable bonds is 8. The lowest BCUT2D eigenvalue weighted by molar-refractivity contribution is -0.147. The molecule has 2 N–H and O–H groups in total. The second-order valence-electron chi connectivity index (χ2n) is 6.37. The highest BCUT2D eigenvalue weighted by molar-refractivity contribution is 5.83. The van der Waals surface area contributed by atoms with Gasteiger partial charge in [-0.2, -0.15) is 0 Å². The first-order chi connectivity index (χ1) is 12.0. The van der Waals surface area contributed by atoms with Crippen molar-refractivity contribution in [3.63, 3.8) is 0 Å². The van der Waals surface area contributed by atoms with Crippen LogP contribution in [-0.2, 0) is 20.7 Å². The van der Waals surface area contributed by atoms with Gasteiger partial charge in [0.1, 0.15) is 12.3 Å². The summed E-state index contributed by atoms with van der Waals surface area (Å²) < 4.78 is 5.14. The highest BCUT2D eigenvalue weighted by Crippen LogP contribution is 2.16. The number of likely N-dealkylation sites (tertiary alicyclic amines) is 1. The van der Waals surface area contributed by atoms with Gasteiger partial charge in [0.2, 0.25) is 5.91 Å². The maximum atomic E-state index is 12.5. The fourth-order valence-electron chi connectivity index (χ4n) is 3.10. The molecule has 1 saturated heterocycles. The Kier molecular flexibility index (Phi) is 7.40. The van der Waals surface area contributed by atoms with Crippen LogP contribution in [-0.4, -0.2) is 53.3 Å². The van der Waals surface area contributed by atoms with E-state index in [1.807, 2.05) is 30.3 Å². The van der Waals surface area contributed by atoms with Crippen LogP contribution in [0.1, 0.15) is 38.7 Å². The summed E-state index contributed by atoms with van der Waals surface area (Å²) in [6.07, 6.45) is 1.94. The Labute approximate surface area is 149 Å². The maximum absolute atomic E-state index is 12.5. The number of carbonyl (C=O) groups is 2. The molecule has 6 nitrogen and oxygen atoms in total. The van der Waals surface area contributed by atoms with Gasteiger partial charge in [-0.05, 0) is 45.1 Å². The third-order valence-electron chi connectivity index (χ3n) is 4.46. The van der Waals surface area contributed by atoms with Gasteiger partial charge in [-0.3, -0.25) is 14.9 Å². The monoisotopic (exact) mass is 348 g/mol. The summed E-state index contributed by atoms with van der Waals surface area (Å²) in [5, 5.41) is 13.0. The number of esters is 1. The number of hydrogen-bond donors (Lipinski definition) is 2. The van der Waals surface area contributed by atoms with E-state index in [1.54, 1.807) is 13.8 Å². The lowest BCUT2D eigenvalue weighted by atomic mass is 10.0.